The Kier molecular flexibility index (Phi) is 6.10. The van der Waals surface area contributed by atoms with Gasteiger partial charge < -0.3 is 14.8 Å². The lowest BCUT2D eigenvalue weighted by Gasteiger charge is -2.19. The van der Waals surface area contributed by atoms with Gasteiger partial charge in [0, 0.05) is 12.7 Å². The number of rotatable bonds is 7. The van der Waals surface area contributed by atoms with Crippen LogP contribution in [-0.2, 0) is 14.8 Å². The van der Waals surface area contributed by atoms with Crippen LogP contribution >= 0.6 is 0 Å². The van der Waals surface area contributed by atoms with E-state index in [-0.39, 0.29) is 5.91 Å². The highest BCUT2D eigenvalue weighted by Crippen LogP contribution is 2.27. The molecule has 0 aliphatic rings. The SMILES string of the molecule is COc1ccccc1O[C@H](C)C(=O)Nc1cccc(N(C)S(C)(=O)=O)c1. The molecule has 1 N–H and O–H groups in total. The van der Waals surface area contributed by atoms with E-state index in [1.165, 1.54) is 14.2 Å². The van der Waals surface area contributed by atoms with Crippen LogP contribution in [0, 0.1) is 0 Å². The number of carbonyl (C=O) groups is 1. The van der Waals surface area contributed by atoms with Crippen molar-refractivity contribution in [2.24, 2.45) is 0 Å². The third kappa shape index (κ3) is 4.89. The highest BCUT2D eigenvalue weighted by atomic mass is 32.2. The van der Waals surface area contributed by atoms with Crippen LogP contribution in [0.1, 0.15) is 6.92 Å². The molecule has 1 amide bonds. The number of ether oxygens (including phenoxy) is 2. The van der Waals surface area contributed by atoms with Crippen LogP contribution in [0.25, 0.3) is 0 Å². The Hall–Kier alpha value is -2.74. The largest absolute Gasteiger partial charge is 0.493 e. The van der Waals surface area contributed by atoms with Gasteiger partial charge in [0.15, 0.2) is 17.6 Å². The average molecular weight is 378 g/mol. The van der Waals surface area contributed by atoms with E-state index in [1.807, 2.05) is 0 Å². The molecule has 2 aromatic carbocycles. The molecule has 0 saturated carbocycles. The first-order valence-corrected chi connectivity index (χ1v) is 9.71. The second-order valence-corrected chi connectivity index (χ2v) is 7.69. The van der Waals surface area contributed by atoms with Crippen molar-refractivity contribution in [1.29, 1.82) is 0 Å². The number of benzene rings is 2. The average Bonchev–Trinajstić information content (AvgIpc) is 2.60. The number of hydrogen-bond acceptors (Lipinski definition) is 5. The molecule has 0 aliphatic heterocycles. The summed E-state index contributed by atoms with van der Waals surface area (Å²) >= 11 is 0. The molecule has 0 aliphatic carbocycles. The van der Waals surface area contributed by atoms with Gasteiger partial charge in [-0.3, -0.25) is 9.10 Å². The van der Waals surface area contributed by atoms with Gasteiger partial charge in [-0.15, -0.1) is 0 Å². The second-order valence-electron chi connectivity index (χ2n) is 5.68. The zero-order valence-corrected chi connectivity index (χ0v) is 15.9. The zero-order chi connectivity index (χ0) is 19.3. The minimum atomic E-state index is -3.38. The number of methoxy groups -OCH3 is 1. The predicted octanol–water partition coefficient (Wildman–Crippen LogP) is 2.50. The molecule has 140 valence electrons. The van der Waals surface area contributed by atoms with Gasteiger partial charge in [-0.1, -0.05) is 18.2 Å². The summed E-state index contributed by atoms with van der Waals surface area (Å²) in [4.78, 5) is 12.4. The summed E-state index contributed by atoms with van der Waals surface area (Å²) in [6, 6.07) is 13.6. The van der Waals surface area contributed by atoms with Crippen LogP contribution in [0.2, 0.25) is 0 Å². The maximum atomic E-state index is 12.4. The van der Waals surface area contributed by atoms with Crippen molar-refractivity contribution < 1.29 is 22.7 Å². The highest BCUT2D eigenvalue weighted by Gasteiger charge is 2.18. The summed E-state index contributed by atoms with van der Waals surface area (Å²) in [6.45, 7) is 1.62. The predicted molar refractivity (Wildman–Crippen MR) is 101 cm³/mol. The molecule has 1 atom stereocenters. The lowest BCUT2D eigenvalue weighted by molar-refractivity contribution is -0.122. The van der Waals surface area contributed by atoms with Crippen molar-refractivity contribution in [3.05, 3.63) is 48.5 Å². The van der Waals surface area contributed by atoms with Gasteiger partial charge in [0.25, 0.3) is 5.91 Å². The molecule has 0 aromatic heterocycles. The fourth-order valence-corrected chi connectivity index (χ4v) is 2.67. The van der Waals surface area contributed by atoms with Gasteiger partial charge >= 0.3 is 0 Å². The Labute approximate surface area is 153 Å². The molecule has 26 heavy (non-hydrogen) atoms. The van der Waals surface area contributed by atoms with E-state index in [4.69, 9.17) is 9.47 Å². The van der Waals surface area contributed by atoms with E-state index in [0.717, 1.165) is 10.6 Å². The van der Waals surface area contributed by atoms with Crippen molar-refractivity contribution in [2.45, 2.75) is 13.0 Å². The lowest BCUT2D eigenvalue weighted by atomic mass is 10.2. The Morgan fingerprint density at radius 3 is 2.38 bits per heavy atom. The van der Waals surface area contributed by atoms with Gasteiger partial charge in [-0.2, -0.15) is 0 Å². The number of para-hydroxylation sites is 2. The maximum absolute atomic E-state index is 12.4. The quantitative estimate of drug-likeness (QED) is 0.800. The molecule has 0 saturated heterocycles. The highest BCUT2D eigenvalue weighted by molar-refractivity contribution is 7.92. The molecule has 2 aromatic rings. The van der Waals surface area contributed by atoms with Crippen molar-refractivity contribution in [3.8, 4) is 11.5 Å². The summed E-state index contributed by atoms with van der Waals surface area (Å²) in [5.74, 6) is 0.627. The van der Waals surface area contributed by atoms with E-state index in [9.17, 15) is 13.2 Å². The minimum absolute atomic E-state index is 0.366. The summed E-state index contributed by atoms with van der Waals surface area (Å²) < 4.78 is 35.3. The number of carbonyl (C=O) groups excluding carboxylic acids is 1. The van der Waals surface area contributed by atoms with Crippen LogP contribution < -0.4 is 19.1 Å². The van der Waals surface area contributed by atoms with Crippen LogP contribution in [0.3, 0.4) is 0 Å². The van der Waals surface area contributed by atoms with E-state index in [2.05, 4.69) is 5.32 Å². The number of nitrogens with one attached hydrogen (secondary N) is 1. The Bertz CT molecular complexity index is 883. The second kappa shape index (κ2) is 8.09. The molecule has 0 fully saturated rings. The number of anilines is 2. The molecule has 0 spiro atoms. The monoisotopic (exact) mass is 378 g/mol. The minimum Gasteiger partial charge on any atom is -0.493 e. The molecule has 0 heterocycles. The van der Waals surface area contributed by atoms with E-state index in [0.29, 0.717) is 22.9 Å². The van der Waals surface area contributed by atoms with Gasteiger partial charge in [0.1, 0.15) is 0 Å². The first-order valence-electron chi connectivity index (χ1n) is 7.87. The lowest BCUT2D eigenvalue weighted by Crippen LogP contribution is -2.30. The van der Waals surface area contributed by atoms with Gasteiger partial charge in [-0.25, -0.2) is 8.42 Å². The van der Waals surface area contributed by atoms with Crippen LogP contribution in [0.4, 0.5) is 11.4 Å². The fourth-order valence-electron chi connectivity index (χ4n) is 2.18. The van der Waals surface area contributed by atoms with E-state index < -0.39 is 16.1 Å². The van der Waals surface area contributed by atoms with Crippen molar-refractivity contribution in [3.63, 3.8) is 0 Å². The van der Waals surface area contributed by atoms with Gasteiger partial charge in [0.2, 0.25) is 10.0 Å². The maximum Gasteiger partial charge on any atom is 0.265 e. The summed E-state index contributed by atoms with van der Waals surface area (Å²) in [6.07, 6.45) is 0.337. The summed E-state index contributed by atoms with van der Waals surface area (Å²) in [5.41, 5.74) is 0.919. The molecule has 2 rings (SSSR count). The first kappa shape index (κ1) is 19.6. The van der Waals surface area contributed by atoms with Crippen LogP contribution in [-0.4, -0.2) is 40.8 Å². The number of sulfonamides is 1. The Morgan fingerprint density at radius 2 is 1.77 bits per heavy atom. The zero-order valence-electron chi connectivity index (χ0n) is 15.1. The van der Waals surface area contributed by atoms with E-state index in [1.54, 1.807) is 55.5 Å². The third-order valence-corrected chi connectivity index (χ3v) is 4.92. The number of nitrogens with zero attached hydrogens (tertiary/aromatic N) is 1. The van der Waals surface area contributed by atoms with Gasteiger partial charge in [-0.05, 0) is 37.3 Å². The molecule has 8 heteroatoms. The van der Waals surface area contributed by atoms with Crippen LogP contribution in [0.5, 0.6) is 11.5 Å². The van der Waals surface area contributed by atoms with Crippen molar-refractivity contribution in [2.75, 3.05) is 30.0 Å². The molecule has 0 bridgehead atoms. The summed E-state index contributed by atoms with van der Waals surface area (Å²) in [7, 11) is -0.411. The molecular weight excluding hydrogens is 356 g/mol. The van der Waals surface area contributed by atoms with Gasteiger partial charge in [0.05, 0.1) is 19.1 Å². The molecule has 7 nitrogen and oxygen atoms in total. The molecular formula is C18H22N2O5S. The smallest absolute Gasteiger partial charge is 0.265 e. The molecule has 0 radical (unpaired) electrons. The topological polar surface area (TPSA) is 84.9 Å². The summed E-state index contributed by atoms with van der Waals surface area (Å²) in [5, 5.41) is 2.72. The number of amides is 1. The Balaban J connectivity index is 2.10. The van der Waals surface area contributed by atoms with Crippen LogP contribution in [0.15, 0.2) is 48.5 Å². The molecule has 0 unspecified atom stereocenters. The fraction of sp³-hybridized carbons (Fsp3) is 0.278. The Morgan fingerprint density at radius 1 is 1.12 bits per heavy atom. The van der Waals surface area contributed by atoms with E-state index >= 15 is 0 Å². The number of hydrogen-bond donors (Lipinski definition) is 1. The van der Waals surface area contributed by atoms with Crippen molar-refractivity contribution in [1.82, 2.24) is 0 Å². The normalized spacial score (nSPS) is 12.2. The third-order valence-electron chi connectivity index (χ3n) is 3.72. The van der Waals surface area contributed by atoms with Crippen molar-refractivity contribution >= 4 is 27.3 Å². The standard InChI is InChI=1S/C18H22N2O5S/c1-13(25-17-11-6-5-10-16(17)24-3)18(21)19-14-8-7-9-15(12-14)20(2)26(4,22)23/h5-13H,1-4H3,(H,19,21)/t13-/m1/s1. The first-order chi connectivity index (χ1) is 12.2.